The summed E-state index contributed by atoms with van der Waals surface area (Å²) in [6.07, 6.45) is 6.87. The largest absolute Gasteiger partial charge is 0.324 e. The normalized spacial score (nSPS) is 17.4. The third-order valence-electron chi connectivity index (χ3n) is 3.62. The molecule has 0 spiro atoms. The number of nitrogens with one attached hydrogen (secondary N) is 1. The summed E-state index contributed by atoms with van der Waals surface area (Å²) < 4.78 is 0. The zero-order valence-corrected chi connectivity index (χ0v) is 12.7. The van der Waals surface area contributed by atoms with E-state index in [-0.39, 0.29) is 11.8 Å². The van der Waals surface area contributed by atoms with E-state index in [1.807, 2.05) is 6.07 Å². The smallest absolute Gasteiger partial charge is 0.232 e. The van der Waals surface area contributed by atoms with Crippen LogP contribution < -0.4 is 5.32 Å². The van der Waals surface area contributed by atoms with Crippen LogP contribution in [-0.4, -0.2) is 5.91 Å². The summed E-state index contributed by atoms with van der Waals surface area (Å²) in [5.74, 6) is -0.0394. The van der Waals surface area contributed by atoms with Gasteiger partial charge in [-0.25, -0.2) is 0 Å². The van der Waals surface area contributed by atoms with Crippen LogP contribution >= 0.6 is 23.2 Å². The fourth-order valence-electron chi connectivity index (χ4n) is 2.59. The Labute approximate surface area is 124 Å². The number of benzene rings is 1. The molecule has 0 fully saturated rings. The van der Waals surface area contributed by atoms with Crippen LogP contribution in [0.2, 0.25) is 10.0 Å². The molecule has 1 amide bonds. The van der Waals surface area contributed by atoms with Crippen molar-refractivity contribution in [2.45, 2.75) is 51.4 Å². The topological polar surface area (TPSA) is 29.1 Å². The minimum absolute atomic E-state index is 0.0506. The molecule has 1 aliphatic heterocycles. The van der Waals surface area contributed by atoms with E-state index in [0.717, 1.165) is 24.1 Å². The van der Waals surface area contributed by atoms with Crippen molar-refractivity contribution in [1.82, 2.24) is 0 Å². The second-order valence-electron chi connectivity index (χ2n) is 5.10. The van der Waals surface area contributed by atoms with E-state index < -0.39 is 0 Å². The lowest BCUT2D eigenvalue weighted by atomic mass is 9.94. The van der Waals surface area contributed by atoms with Crippen molar-refractivity contribution in [2.75, 3.05) is 5.32 Å². The Morgan fingerprint density at radius 1 is 1.16 bits per heavy atom. The number of carbonyl (C=O) groups excluding carboxylic acids is 1. The summed E-state index contributed by atoms with van der Waals surface area (Å²) in [6, 6.07) is 3.53. The average Bonchev–Trinajstić information content (AvgIpc) is 2.67. The van der Waals surface area contributed by atoms with Crippen LogP contribution in [0.3, 0.4) is 0 Å². The zero-order valence-electron chi connectivity index (χ0n) is 11.1. The number of anilines is 1. The Balaban J connectivity index is 2.01. The average molecular weight is 300 g/mol. The molecule has 1 atom stereocenters. The number of carbonyl (C=O) groups is 1. The molecule has 0 saturated heterocycles. The number of amides is 1. The third-order valence-corrected chi connectivity index (χ3v) is 4.14. The molecule has 0 bridgehead atoms. The summed E-state index contributed by atoms with van der Waals surface area (Å²) in [5, 5.41) is 3.99. The van der Waals surface area contributed by atoms with Crippen LogP contribution in [0.1, 0.15) is 56.9 Å². The fourth-order valence-corrected chi connectivity index (χ4v) is 3.15. The van der Waals surface area contributed by atoms with Crippen molar-refractivity contribution >= 4 is 34.8 Å². The third kappa shape index (κ3) is 3.43. The second-order valence-corrected chi connectivity index (χ2v) is 5.94. The van der Waals surface area contributed by atoms with E-state index in [4.69, 9.17) is 23.2 Å². The predicted molar refractivity (Wildman–Crippen MR) is 81.2 cm³/mol. The molecular weight excluding hydrogens is 281 g/mol. The van der Waals surface area contributed by atoms with Gasteiger partial charge in [-0.05, 0) is 24.1 Å². The molecule has 2 rings (SSSR count). The molecule has 0 saturated carbocycles. The van der Waals surface area contributed by atoms with Crippen molar-refractivity contribution < 1.29 is 4.79 Å². The molecule has 4 heteroatoms. The van der Waals surface area contributed by atoms with Crippen molar-refractivity contribution in [1.29, 1.82) is 0 Å². The van der Waals surface area contributed by atoms with Crippen LogP contribution in [0.15, 0.2) is 12.1 Å². The number of fused-ring (bicyclic) bond motifs is 1. The van der Waals surface area contributed by atoms with E-state index in [2.05, 4.69) is 12.2 Å². The quantitative estimate of drug-likeness (QED) is 0.701. The van der Waals surface area contributed by atoms with Gasteiger partial charge in [0, 0.05) is 5.02 Å². The maximum Gasteiger partial charge on any atom is 0.232 e. The number of halogens is 2. The molecular formula is C15H19Cl2NO. The maximum atomic E-state index is 12.0. The van der Waals surface area contributed by atoms with Gasteiger partial charge in [0.1, 0.15) is 0 Å². The SMILES string of the molecule is CCCCCCCC1C(=O)Nc2c(Cl)cc(Cl)cc21. The van der Waals surface area contributed by atoms with Gasteiger partial charge in [0.15, 0.2) is 0 Å². The fraction of sp³-hybridized carbons (Fsp3) is 0.533. The second kappa shape index (κ2) is 6.62. The van der Waals surface area contributed by atoms with Crippen molar-refractivity contribution in [3.05, 3.63) is 27.7 Å². The first-order chi connectivity index (χ1) is 9.13. The van der Waals surface area contributed by atoms with Crippen molar-refractivity contribution in [3.63, 3.8) is 0 Å². The van der Waals surface area contributed by atoms with E-state index in [1.54, 1.807) is 6.07 Å². The molecule has 104 valence electrons. The lowest BCUT2D eigenvalue weighted by Crippen LogP contribution is -2.11. The first-order valence-electron chi connectivity index (χ1n) is 6.93. The maximum absolute atomic E-state index is 12.0. The highest BCUT2D eigenvalue weighted by Gasteiger charge is 2.31. The van der Waals surface area contributed by atoms with Gasteiger partial charge < -0.3 is 5.32 Å². The van der Waals surface area contributed by atoms with Crippen LogP contribution in [0, 0.1) is 0 Å². The molecule has 1 heterocycles. The highest BCUT2D eigenvalue weighted by Crippen LogP contribution is 2.41. The Morgan fingerprint density at radius 3 is 2.63 bits per heavy atom. The molecule has 1 unspecified atom stereocenters. The lowest BCUT2D eigenvalue weighted by Gasteiger charge is -2.09. The number of unbranched alkanes of at least 4 members (excludes halogenated alkanes) is 4. The van der Waals surface area contributed by atoms with Crippen LogP contribution in [0.25, 0.3) is 0 Å². The Hall–Kier alpha value is -0.730. The van der Waals surface area contributed by atoms with Gasteiger partial charge in [-0.1, -0.05) is 62.2 Å². The van der Waals surface area contributed by atoms with E-state index in [9.17, 15) is 4.79 Å². The van der Waals surface area contributed by atoms with Gasteiger partial charge in [0.2, 0.25) is 5.91 Å². The van der Waals surface area contributed by atoms with E-state index >= 15 is 0 Å². The summed E-state index contributed by atoms with van der Waals surface area (Å²) in [7, 11) is 0. The van der Waals surface area contributed by atoms with E-state index in [1.165, 1.54) is 25.7 Å². The van der Waals surface area contributed by atoms with Crippen molar-refractivity contribution in [3.8, 4) is 0 Å². The molecule has 0 radical (unpaired) electrons. The van der Waals surface area contributed by atoms with Gasteiger partial charge >= 0.3 is 0 Å². The van der Waals surface area contributed by atoms with Crippen LogP contribution in [0.5, 0.6) is 0 Å². The number of hydrogen-bond donors (Lipinski definition) is 1. The van der Waals surface area contributed by atoms with Crippen LogP contribution in [0.4, 0.5) is 5.69 Å². The lowest BCUT2D eigenvalue weighted by molar-refractivity contribution is -0.117. The molecule has 1 aromatic carbocycles. The highest BCUT2D eigenvalue weighted by molar-refractivity contribution is 6.37. The molecule has 1 aromatic rings. The molecule has 19 heavy (non-hydrogen) atoms. The Morgan fingerprint density at radius 2 is 1.89 bits per heavy atom. The minimum Gasteiger partial charge on any atom is -0.324 e. The molecule has 1 N–H and O–H groups in total. The Kier molecular flexibility index (Phi) is 5.12. The summed E-state index contributed by atoms with van der Waals surface area (Å²) in [5.41, 5.74) is 1.70. The zero-order chi connectivity index (χ0) is 13.8. The number of hydrogen-bond acceptors (Lipinski definition) is 1. The first kappa shape index (κ1) is 14.7. The minimum atomic E-state index is -0.0900. The van der Waals surface area contributed by atoms with Gasteiger partial charge in [0.05, 0.1) is 16.6 Å². The van der Waals surface area contributed by atoms with Gasteiger partial charge in [-0.3, -0.25) is 4.79 Å². The summed E-state index contributed by atoms with van der Waals surface area (Å²) in [6.45, 7) is 2.20. The monoisotopic (exact) mass is 299 g/mol. The first-order valence-corrected chi connectivity index (χ1v) is 7.69. The number of rotatable bonds is 6. The standard InChI is InChI=1S/C15H19Cl2NO/c1-2-3-4-5-6-7-11-12-8-10(16)9-13(17)14(12)18-15(11)19/h8-9,11H,2-7H2,1H3,(H,18,19). The van der Waals surface area contributed by atoms with E-state index in [0.29, 0.717) is 10.0 Å². The summed E-state index contributed by atoms with van der Waals surface area (Å²) >= 11 is 12.1. The van der Waals surface area contributed by atoms with Crippen molar-refractivity contribution in [2.24, 2.45) is 0 Å². The molecule has 0 aliphatic carbocycles. The highest BCUT2D eigenvalue weighted by atomic mass is 35.5. The Bertz CT molecular complexity index is 473. The summed E-state index contributed by atoms with van der Waals surface area (Å²) in [4.78, 5) is 12.0. The van der Waals surface area contributed by atoms with Gasteiger partial charge in [-0.2, -0.15) is 0 Å². The van der Waals surface area contributed by atoms with Crippen LogP contribution in [-0.2, 0) is 4.79 Å². The molecule has 2 nitrogen and oxygen atoms in total. The van der Waals surface area contributed by atoms with Gasteiger partial charge in [0.25, 0.3) is 0 Å². The predicted octanol–water partition coefficient (Wildman–Crippen LogP) is 5.39. The molecule has 1 aliphatic rings. The van der Waals surface area contributed by atoms with Gasteiger partial charge in [-0.15, -0.1) is 0 Å². The molecule has 0 aromatic heterocycles.